The number of rotatable bonds is 5. The van der Waals surface area contributed by atoms with Crippen molar-refractivity contribution >= 4 is 28.7 Å². The molecule has 1 amide bonds. The van der Waals surface area contributed by atoms with Gasteiger partial charge in [-0.1, -0.05) is 12.1 Å². The maximum Gasteiger partial charge on any atom is 0.267 e. The minimum atomic E-state index is -0.181. The quantitative estimate of drug-likeness (QED) is 0.442. The zero-order valence-corrected chi connectivity index (χ0v) is 17.6. The van der Waals surface area contributed by atoms with E-state index in [4.69, 9.17) is 4.74 Å². The number of hydrogen-bond acceptors (Lipinski definition) is 6. The Morgan fingerprint density at radius 1 is 1.16 bits per heavy atom. The van der Waals surface area contributed by atoms with Gasteiger partial charge in [0.2, 0.25) is 5.88 Å². The number of ether oxygens (including phenoxy) is 1. The van der Waals surface area contributed by atoms with E-state index in [-0.39, 0.29) is 5.91 Å². The number of nitrogens with zero attached hydrogens (tertiary/aromatic N) is 5. The highest BCUT2D eigenvalue weighted by molar-refractivity contribution is 7.12. The molecule has 8 nitrogen and oxygen atoms in total. The summed E-state index contributed by atoms with van der Waals surface area (Å²) in [4.78, 5) is 17.5. The standard InChI is InChI=1S/C22H18N6O2S/c1-14-9-11-31-21(14)22(29)25-18-13-28-19(24-18)6-7-20(26-28)30-16-5-3-4-15(12-16)17-8-10-23-27(17)2/h3-13H,1-2H3,(H,25,29). The summed E-state index contributed by atoms with van der Waals surface area (Å²) >= 11 is 1.40. The van der Waals surface area contributed by atoms with E-state index in [1.165, 1.54) is 11.3 Å². The van der Waals surface area contributed by atoms with Crippen LogP contribution in [0.15, 0.2) is 66.3 Å². The molecule has 0 aliphatic heterocycles. The number of benzene rings is 1. The molecule has 0 saturated heterocycles. The molecule has 4 heterocycles. The van der Waals surface area contributed by atoms with Crippen molar-refractivity contribution in [2.45, 2.75) is 6.92 Å². The number of imidazole rings is 1. The number of carbonyl (C=O) groups excluding carboxylic acids is 1. The molecule has 1 aromatic carbocycles. The van der Waals surface area contributed by atoms with Crippen LogP contribution in [0.4, 0.5) is 5.82 Å². The fourth-order valence-corrected chi connectivity index (χ4v) is 4.07. The molecule has 5 aromatic rings. The molecule has 4 aromatic heterocycles. The number of fused-ring (bicyclic) bond motifs is 1. The van der Waals surface area contributed by atoms with Crippen molar-refractivity contribution in [3.05, 3.63) is 76.7 Å². The molecular weight excluding hydrogens is 412 g/mol. The first-order chi connectivity index (χ1) is 15.1. The molecule has 0 fully saturated rings. The van der Waals surface area contributed by atoms with Crippen LogP contribution in [0.25, 0.3) is 16.9 Å². The first-order valence-corrected chi connectivity index (χ1v) is 10.4. The normalized spacial score (nSPS) is 11.0. The van der Waals surface area contributed by atoms with E-state index in [0.717, 1.165) is 16.8 Å². The number of anilines is 1. The van der Waals surface area contributed by atoms with Gasteiger partial charge >= 0.3 is 0 Å². The Morgan fingerprint density at radius 3 is 2.84 bits per heavy atom. The predicted octanol–water partition coefficient (Wildman–Crippen LogP) is 4.54. The Balaban J connectivity index is 1.36. The van der Waals surface area contributed by atoms with E-state index in [1.54, 1.807) is 29.0 Å². The largest absolute Gasteiger partial charge is 0.438 e. The maximum atomic E-state index is 12.4. The summed E-state index contributed by atoms with van der Waals surface area (Å²) in [6.45, 7) is 1.91. The number of aromatic nitrogens is 5. The van der Waals surface area contributed by atoms with Crippen molar-refractivity contribution in [2.75, 3.05) is 5.32 Å². The number of hydrogen-bond donors (Lipinski definition) is 1. The highest BCUT2D eigenvalue weighted by atomic mass is 32.1. The van der Waals surface area contributed by atoms with Gasteiger partial charge in [-0.25, -0.2) is 9.50 Å². The second kappa shape index (κ2) is 7.69. The van der Waals surface area contributed by atoms with Crippen LogP contribution in [0.1, 0.15) is 15.2 Å². The molecule has 1 N–H and O–H groups in total. The van der Waals surface area contributed by atoms with Crippen molar-refractivity contribution in [3.63, 3.8) is 0 Å². The molecule has 0 saturated carbocycles. The Morgan fingerprint density at radius 2 is 2.06 bits per heavy atom. The minimum Gasteiger partial charge on any atom is -0.438 e. The van der Waals surface area contributed by atoms with Crippen molar-refractivity contribution < 1.29 is 9.53 Å². The Hall–Kier alpha value is -3.98. The number of carbonyl (C=O) groups is 1. The minimum absolute atomic E-state index is 0.181. The molecule has 31 heavy (non-hydrogen) atoms. The SMILES string of the molecule is Cc1ccsc1C(=O)Nc1cn2nc(Oc3cccc(-c4ccnn4C)c3)ccc2n1. The van der Waals surface area contributed by atoms with E-state index in [9.17, 15) is 4.79 Å². The molecule has 9 heteroatoms. The second-order valence-corrected chi connectivity index (χ2v) is 7.87. The van der Waals surface area contributed by atoms with Gasteiger partial charge in [-0.2, -0.15) is 5.10 Å². The molecular formula is C22H18N6O2S. The van der Waals surface area contributed by atoms with Crippen molar-refractivity contribution in [1.29, 1.82) is 0 Å². The Labute approximate surface area is 181 Å². The van der Waals surface area contributed by atoms with Gasteiger partial charge < -0.3 is 10.1 Å². The van der Waals surface area contributed by atoms with Crippen LogP contribution in [-0.4, -0.2) is 30.3 Å². The second-order valence-electron chi connectivity index (χ2n) is 6.96. The summed E-state index contributed by atoms with van der Waals surface area (Å²) < 4.78 is 9.34. The van der Waals surface area contributed by atoms with Gasteiger partial charge in [-0.3, -0.25) is 9.48 Å². The highest BCUT2D eigenvalue weighted by Crippen LogP contribution is 2.26. The lowest BCUT2D eigenvalue weighted by molar-refractivity contribution is 0.102. The summed E-state index contributed by atoms with van der Waals surface area (Å²) in [5.41, 5.74) is 3.53. The lowest BCUT2D eigenvalue weighted by Crippen LogP contribution is -2.11. The van der Waals surface area contributed by atoms with Gasteiger partial charge in [-0.05, 0) is 48.2 Å². The van der Waals surface area contributed by atoms with E-state index in [2.05, 4.69) is 20.5 Å². The number of nitrogens with one attached hydrogen (secondary N) is 1. The van der Waals surface area contributed by atoms with Crippen LogP contribution in [0.5, 0.6) is 11.6 Å². The summed E-state index contributed by atoms with van der Waals surface area (Å²) in [7, 11) is 1.90. The topological polar surface area (TPSA) is 86.3 Å². The molecule has 0 spiro atoms. The lowest BCUT2D eigenvalue weighted by Gasteiger charge is -2.07. The van der Waals surface area contributed by atoms with Crippen LogP contribution in [0.3, 0.4) is 0 Å². The van der Waals surface area contributed by atoms with Gasteiger partial charge in [-0.15, -0.1) is 16.4 Å². The van der Waals surface area contributed by atoms with Crippen LogP contribution in [-0.2, 0) is 7.05 Å². The van der Waals surface area contributed by atoms with Gasteiger partial charge in [0, 0.05) is 24.9 Å². The fourth-order valence-electron chi connectivity index (χ4n) is 3.25. The van der Waals surface area contributed by atoms with Gasteiger partial charge in [0.1, 0.15) is 5.75 Å². The molecule has 0 unspecified atom stereocenters. The predicted molar refractivity (Wildman–Crippen MR) is 119 cm³/mol. The first kappa shape index (κ1) is 19.0. The van der Waals surface area contributed by atoms with Gasteiger partial charge in [0.15, 0.2) is 11.5 Å². The van der Waals surface area contributed by atoms with Crippen molar-refractivity contribution in [1.82, 2.24) is 24.4 Å². The number of thiophene rings is 1. The monoisotopic (exact) mass is 430 g/mol. The maximum absolute atomic E-state index is 12.4. The summed E-state index contributed by atoms with van der Waals surface area (Å²) in [6, 6.07) is 15.1. The number of aryl methyl sites for hydroxylation is 2. The third-order valence-corrected chi connectivity index (χ3v) is 5.79. The third-order valence-electron chi connectivity index (χ3n) is 4.78. The lowest BCUT2D eigenvalue weighted by atomic mass is 10.1. The van der Waals surface area contributed by atoms with E-state index < -0.39 is 0 Å². The van der Waals surface area contributed by atoms with Crippen LogP contribution in [0.2, 0.25) is 0 Å². The van der Waals surface area contributed by atoms with Gasteiger partial charge in [0.25, 0.3) is 5.91 Å². The Kier molecular flexibility index (Phi) is 4.72. The van der Waals surface area contributed by atoms with E-state index in [0.29, 0.717) is 28.0 Å². The summed E-state index contributed by atoms with van der Waals surface area (Å²) in [5, 5.41) is 13.4. The van der Waals surface area contributed by atoms with Crippen LogP contribution < -0.4 is 10.1 Å². The average Bonchev–Trinajstić information content (AvgIpc) is 3.47. The van der Waals surface area contributed by atoms with Gasteiger partial charge in [0.05, 0.1) is 16.8 Å². The zero-order chi connectivity index (χ0) is 21.4. The first-order valence-electron chi connectivity index (χ1n) is 9.55. The third kappa shape index (κ3) is 3.78. The number of amides is 1. The molecule has 0 aliphatic carbocycles. The smallest absolute Gasteiger partial charge is 0.267 e. The van der Waals surface area contributed by atoms with E-state index in [1.807, 2.05) is 60.4 Å². The molecule has 0 aliphatic rings. The zero-order valence-electron chi connectivity index (χ0n) is 16.8. The fraction of sp³-hybridized carbons (Fsp3) is 0.0909. The van der Waals surface area contributed by atoms with Crippen molar-refractivity contribution in [2.24, 2.45) is 7.05 Å². The highest BCUT2D eigenvalue weighted by Gasteiger charge is 2.13. The molecule has 154 valence electrons. The Bertz CT molecular complexity index is 1400. The molecule has 0 bridgehead atoms. The molecule has 5 rings (SSSR count). The summed E-state index contributed by atoms with van der Waals surface area (Å²) in [6.07, 6.45) is 3.42. The molecule has 0 atom stereocenters. The molecule has 0 radical (unpaired) electrons. The van der Waals surface area contributed by atoms with Crippen LogP contribution >= 0.6 is 11.3 Å². The van der Waals surface area contributed by atoms with Crippen LogP contribution in [0, 0.1) is 6.92 Å². The summed E-state index contributed by atoms with van der Waals surface area (Å²) in [5.74, 6) is 1.33. The van der Waals surface area contributed by atoms with E-state index >= 15 is 0 Å². The average molecular weight is 430 g/mol. The van der Waals surface area contributed by atoms with Crippen molar-refractivity contribution in [3.8, 4) is 22.9 Å².